The molecule has 4 aromatic rings. The SMILES string of the molecule is O=C(Cn1c2c(sc1=O)[C@@H](c1cccc(Cl)c1Cl)[C@@H]1C(=O)N(c3ccccc3C(F)(F)F)C(=O)[C@@H]1S2)Nc1ccc(O)cc1. The van der Waals surface area contributed by atoms with E-state index in [0.717, 1.165) is 45.9 Å². The summed E-state index contributed by atoms with van der Waals surface area (Å²) in [6.45, 7) is -0.464. The van der Waals surface area contributed by atoms with Crippen LogP contribution in [-0.4, -0.2) is 32.6 Å². The van der Waals surface area contributed by atoms with Crippen LogP contribution in [-0.2, 0) is 27.1 Å². The molecule has 3 amide bonds. The van der Waals surface area contributed by atoms with E-state index in [0.29, 0.717) is 21.0 Å². The van der Waals surface area contributed by atoms with Crippen molar-refractivity contribution in [2.75, 3.05) is 10.2 Å². The number of nitrogens with zero attached hydrogens (tertiary/aromatic N) is 2. The second kappa shape index (κ2) is 11.3. The topological polar surface area (TPSA) is 109 Å². The first-order chi connectivity index (χ1) is 20.9. The van der Waals surface area contributed by atoms with E-state index in [2.05, 4.69) is 5.32 Å². The van der Waals surface area contributed by atoms with E-state index in [4.69, 9.17) is 23.2 Å². The number of phenolic OH excluding ortho intramolecular Hbond substituents is 1. The fraction of sp³-hybridized carbons (Fsp3) is 0.172. The summed E-state index contributed by atoms with van der Waals surface area (Å²) in [4.78, 5) is 54.4. The quantitative estimate of drug-likeness (QED) is 0.187. The second-order valence-electron chi connectivity index (χ2n) is 9.93. The van der Waals surface area contributed by atoms with Gasteiger partial charge in [-0.1, -0.05) is 70.6 Å². The molecule has 226 valence electrons. The van der Waals surface area contributed by atoms with Crippen molar-refractivity contribution < 1.29 is 32.7 Å². The van der Waals surface area contributed by atoms with E-state index in [1.807, 2.05) is 0 Å². The number of hydrogen-bond acceptors (Lipinski definition) is 7. The van der Waals surface area contributed by atoms with Crippen LogP contribution >= 0.6 is 46.3 Å². The number of nitrogens with one attached hydrogen (secondary N) is 1. The van der Waals surface area contributed by atoms with Gasteiger partial charge in [-0.2, -0.15) is 13.2 Å². The fourth-order valence-electron chi connectivity index (χ4n) is 5.39. The predicted molar refractivity (Wildman–Crippen MR) is 161 cm³/mol. The van der Waals surface area contributed by atoms with E-state index in [9.17, 15) is 37.5 Å². The molecule has 2 aliphatic heterocycles. The predicted octanol–water partition coefficient (Wildman–Crippen LogP) is 6.38. The number of thiazole rings is 1. The number of aromatic hydroxyl groups is 1. The average Bonchev–Trinajstić information content (AvgIpc) is 3.41. The molecule has 15 heteroatoms. The van der Waals surface area contributed by atoms with E-state index < -0.39 is 63.7 Å². The number of anilines is 2. The minimum absolute atomic E-state index is 0.00882. The van der Waals surface area contributed by atoms with Crippen LogP contribution in [0, 0.1) is 5.92 Å². The molecule has 0 radical (unpaired) electrons. The number of benzene rings is 3. The highest BCUT2D eigenvalue weighted by molar-refractivity contribution is 8.00. The Balaban J connectivity index is 1.46. The Hall–Kier alpha value is -3.78. The van der Waals surface area contributed by atoms with Crippen molar-refractivity contribution in [1.29, 1.82) is 0 Å². The number of phenols is 1. The molecule has 0 bridgehead atoms. The Morgan fingerprint density at radius 3 is 2.36 bits per heavy atom. The highest BCUT2D eigenvalue weighted by atomic mass is 35.5. The number of aromatic nitrogens is 1. The van der Waals surface area contributed by atoms with Crippen molar-refractivity contribution in [1.82, 2.24) is 4.57 Å². The molecule has 44 heavy (non-hydrogen) atoms. The van der Waals surface area contributed by atoms with Crippen LogP contribution in [0.3, 0.4) is 0 Å². The van der Waals surface area contributed by atoms with Gasteiger partial charge in [0.15, 0.2) is 0 Å². The molecule has 0 aliphatic carbocycles. The molecule has 3 atom stereocenters. The molecule has 2 N–H and O–H groups in total. The van der Waals surface area contributed by atoms with E-state index in [-0.39, 0.29) is 20.8 Å². The molecule has 0 unspecified atom stereocenters. The van der Waals surface area contributed by atoms with Gasteiger partial charge in [-0.05, 0) is 48.0 Å². The summed E-state index contributed by atoms with van der Waals surface area (Å²) in [5, 5.41) is 11.3. The minimum atomic E-state index is -4.85. The zero-order valence-electron chi connectivity index (χ0n) is 22.0. The van der Waals surface area contributed by atoms with Crippen LogP contribution in [0.2, 0.25) is 10.0 Å². The Morgan fingerprint density at radius 2 is 1.66 bits per heavy atom. The standard InChI is InChI=1S/C29H18Cl2F3N3O5S2/c30-17-6-3-4-15(22(17)31)20-21-23(26(41)37(25(21)40)18-7-2-1-5-16(18)29(32,33)34)43-27-24(20)44-28(42)36(27)12-19(39)35-13-8-10-14(38)11-9-13/h1-11,20-21,23,38H,12H2,(H,35,39)/t20-,21-,23+/m0/s1. The van der Waals surface area contributed by atoms with Crippen molar-refractivity contribution in [3.63, 3.8) is 0 Å². The Kier molecular flexibility index (Phi) is 7.77. The first-order valence-electron chi connectivity index (χ1n) is 12.8. The number of para-hydroxylation sites is 1. The number of carbonyl (C=O) groups excluding carboxylic acids is 3. The maximum absolute atomic E-state index is 14.0. The summed E-state index contributed by atoms with van der Waals surface area (Å²) >= 11 is 14.5. The van der Waals surface area contributed by atoms with Gasteiger partial charge in [-0.15, -0.1) is 0 Å². The highest BCUT2D eigenvalue weighted by Gasteiger charge is 2.58. The average molecular weight is 681 g/mol. The summed E-state index contributed by atoms with van der Waals surface area (Å²) in [5.41, 5.74) is -1.09. The number of rotatable bonds is 5. The number of thioether (sulfide) groups is 1. The molecule has 2 aliphatic rings. The fourth-order valence-corrected chi connectivity index (χ4v) is 8.58. The second-order valence-corrected chi connectivity index (χ2v) is 12.8. The van der Waals surface area contributed by atoms with Gasteiger partial charge in [0.2, 0.25) is 17.7 Å². The number of amides is 3. The van der Waals surface area contributed by atoms with Crippen molar-refractivity contribution >= 4 is 75.4 Å². The molecule has 6 rings (SSSR count). The molecule has 1 fully saturated rings. The number of fused-ring (bicyclic) bond motifs is 2. The third-order valence-corrected chi connectivity index (χ3v) is 10.7. The third-order valence-electron chi connectivity index (χ3n) is 7.27. The summed E-state index contributed by atoms with van der Waals surface area (Å²) in [7, 11) is 0. The lowest BCUT2D eigenvalue weighted by Gasteiger charge is -2.31. The molecule has 3 heterocycles. The summed E-state index contributed by atoms with van der Waals surface area (Å²) < 4.78 is 43.0. The lowest BCUT2D eigenvalue weighted by molar-refractivity contribution is -0.137. The molecular formula is C29H18Cl2F3N3O5S2. The van der Waals surface area contributed by atoms with Gasteiger partial charge in [0.25, 0.3) is 0 Å². The number of carbonyl (C=O) groups is 3. The number of hydrogen-bond donors (Lipinski definition) is 2. The molecule has 1 saturated heterocycles. The molecular weight excluding hydrogens is 662 g/mol. The lowest BCUT2D eigenvalue weighted by Crippen LogP contribution is -2.33. The van der Waals surface area contributed by atoms with Crippen LogP contribution < -0.4 is 15.1 Å². The smallest absolute Gasteiger partial charge is 0.418 e. The molecule has 8 nitrogen and oxygen atoms in total. The number of imide groups is 1. The minimum Gasteiger partial charge on any atom is -0.508 e. The van der Waals surface area contributed by atoms with Gasteiger partial charge in [-0.3, -0.25) is 23.7 Å². The van der Waals surface area contributed by atoms with E-state index in [1.165, 1.54) is 36.4 Å². The monoisotopic (exact) mass is 679 g/mol. The third kappa shape index (κ3) is 5.17. The summed E-state index contributed by atoms with van der Waals surface area (Å²) in [6.07, 6.45) is -4.85. The highest BCUT2D eigenvalue weighted by Crippen LogP contribution is 2.55. The Bertz CT molecular complexity index is 1890. The van der Waals surface area contributed by atoms with Gasteiger partial charge < -0.3 is 10.4 Å². The van der Waals surface area contributed by atoms with Crippen molar-refractivity contribution in [2.45, 2.75) is 28.9 Å². The number of halogens is 5. The van der Waals surface area contributed by atoms with Gasteiger partial charge in [-0.25, -0.2) is 4.90 Å². The maximum Gasteiger partial charge on any atom is 0.418 e. The van der Waals surface area contributed by atoms with Crippen LogP contribution in [0.25, 0.3) is 0 Å². The van der Waals surface area contributed by atoms with Crippen LogP contribution in [0.15, 0.2) is 76.6 Å². The Morgan fingerprint density at radius 1 is 0.955 bits per heavy atom. The van der Waals surface area contributed by atoms with Gasteiger partial charge in [0, 0.05) is 16.5 Å². The first-order valence-corrected chi connectivity index (χ1v) is 15.3. The zero-order valence-corrected chi connectivity index (χ0v) is 25.1. The van der Waals surface area contributed by atoms with Gasteiger partial charge in [0.1, 0.15) is 17.5 Å². The van der Waals surface area contributed by atoms with Gasteiger partial charge in [0.05, 0.1) is 32.2 Å². The summed E-state index contributed by atoms with van der Waals surface area (Å²) in [6, 6.07) is 14.6. The largest absolute Gasteiger partial charge is 0.508 e. The molecule has 0 spiro atoms. The lowest BCUT2D eigenvalue weighted by atomic mass is 9.83. The number of alkyl halides is 3. The maximum atomic E-state index is 14.0. The van der Waals surface area contributed by atoms with Crippen molar-refractivity contribution in [3.8, 4) is 5.75 Å². The molecule has 0 saturated carbocycles. The Labute approximate surface area is 265 Å². The van der Waals surface area contributed by atoms with E-state index in [1.54, 1.807) is 12.1 Å². The molecule has 1 aromatic heterocycles. The van der Waals surface area contributed by atoms with Crippen LogP contribution in [0.5, 0.6) is 5.75 Å². The van der Waals surface area contributed by atoms with Crippen LogP contribution in [0.4, 0.5) is 24.5 Å². The van der Waals surface area contributed by atoms with Crippen LogP contribution in [0.1, 0.15) is 21.9 Å². The first kappa shape index (κ1) is 30.3. The van der Waals surface area contributed by atoms with E-state index >= 15 is 0 Å². The summed E-state index contributed by atoms with van der Waals surface area (Å²) in [5.74, 6) is -4.63. The van der Waals surface area contributed by atoms with Gasteiger partial charge >= 0.3 is 11.0 Å². The van der Waals surface area contributed by atoms with Crippen molar-refractivity contribution in [2.24, 2.45) is 5.92 Å². The molecule has 3 aromatic carbocycles. The zero-order chi connectivity index (χ0) is 31.5. The normalized spacial score (nSPS) is 19.6. The van der Waals surface area contributed by atoms with Crippen molar-refractivity contribution in [3.05, 3.63) is 102 Å².